The number of nitrogens with zero attached hydrogens (tertiary/aromatic N) is 3. The van der Waals surface area contributed by atoms with Gasteiger partial charge in [-0.15, -0.1) is 5.11 Å². The maximum atomic E-state index is 12.9. The molecule has 2 rings (SSSR count). The van der Waals surface area contributed by atoms with Crippen LogP contribution in [0.4, 0.5) is 11.4 Å². The first-order valence-electron chi connectivity index (χ1n) is 8.82. The molecule has 0 spiro atoms. The van der Waals surface area contributed by atoms with Crippen LogP contribution >= 0.6 is 23.4 Å². The SMILES string of the molecule is COc1ccc(N(Cl)C(=O)C(N=Nc2c(OC)ccc(OC)c2Cl)C(C)=O)cc1OC. The molecule has 0 saturated carbocycles. The highest BCUT2D eigenvalue weighted by molar-refractivity contribution is 6.39. The normalized spacial score (nSPS) is 11.7. The van der Waals surface area contributed by atoms with Gasteiger partial charge in [-0.05, 0) is 31.2 Å². The van der Waals surface area contributed by atoms with Crippen molar-refractivity contribution in [1.29, 1.82) is 0 Å². The van der Waals surface area contributed by atoms with Gasteiger partial charge in [0.15, 0.2) is 17.3 Å². The van der Waals surface area contributed by atoms with E-state index in [1.807, 2.05) is 0 Å². The molecule has 0 radical (unpaired) electrons. The van der Waals surface area contributed by atoms with Gasteiger partial charge in [0.05, 0.1) is 34.1 Å². The number of anilines is 1. The molecular formula is C20H21Cl2N3O6. The maximum Gasteiger partial charge on any atom is 0.276 e. The van der Waals surface area contributed by atoms with Crippen molar-refractivity contribution in [3.63, 3.8) is 0 Å². The van der Waals surface area contributed by atoms with E-state index >= 15 is 0 Å². The molecule has 0 bridgehead atoms. The van der Waals surface area contributed by atoms with Gasteiger partial charge in [0.25, 0.3) is 5.91 Å². The second-order valence-corrected chi connectivity index (χ2v) is 6.74. The molecule has 0 N–H and O–H groups in total. The van der Waals surface area contributed by atoms with Crippen LogP contribution in [-0.2, 0) is 9.59 Å². The van der Waals surface area contributed by atoms with Crippen LogP contribution in [0.25, 0.3) is 0 Å². The molecule has 11 heteroatoms. The average molecular weight is 470 g/mol. The summed E-state index contributed by atoms with van der Waals surface area (Å²) in [6, 6.07) is 6.23. The molecule has 1 amide bonds. The Morgan fingerprint density at radius 1 is 0.903 bits per heavy atom. The lowest BCUT2D eigenvalue weighted by atomic mass is 10.2. The van der Waals surface area contributed by atoms with E-state index in [1.165, 1.54) is 47.5 Å². The Morgan fingerprint density at radius 3 is 2.00 bits per heavy atom. The molecule has 166 valence electrons. The maximum absolute atomic E-state index is 12.9. The summed E-state index contributed by atoms with van der Waals surface area (Å²) in [4.78, 5) is 25.0. The Hall–Kier alpha value is -3.04. The molecule has 0 aliphatic heterocycles. The van der Waals surface area contributed by atoms with E-state index in [0.717, 1.165) is 4.42 Å². The Balaban J connectivity index is 2.39. The van der Waals surface area contributed by atoms with Crippen LogP contribution in [0, 0.1) is 0 Å². The van der Waals surface area contributed by atoms with Crippen molar-refractivity contribution in [2.45, 2.75) is 13.0 Å². The number of amides is 1. The predicted octanol–water partition coefficient (Wildman–Crippen LogP) is 4.60. The molecule has 0 saturated heterocycles. The van der Waals surface area contributed by atoms with Gasteiger partial charge in [-0.3, -0.25) is 9.59 Å². The highest BCUT2D eigenvalue weighted by Crippen LogP contribution is 2.42. The lowest BCUT2D eigenvalue weighted by Crippen LogP contribution is -2.36. The Morgan fingerprint density at radius 2 is 1.45 bits per heavy atom. The lowest BCUT2D eigenvalue weighted by Gasteiger charge is -2.18. The van der Waals surface area contributed by atoms with E-state index in [9.17, 15) is 9.59 Å². The minimum absolute atomic E-state index is 0.106. The molecule has 0 fully saturated rings. The van der Waals surface area contributed by atoms with Crippen LogP contribution in [0.2, 0.25) is 5.02 Å². The van der Waals surface area contributed by atoms with Gasteiger partial charge in [-0.2, -0.15) is 5.11 Å². The van der Waals surface area contributed by atoms with E-state index < -0.39 is 17.7 Å². The second kappa shape index (κ2) is 10.8. The van der Waals surface area contributed by atoms with Crippen molar-refractivity contribution >= 4 is 46.4 Å². The fourth-order valence-electron chi connectivity index (χ4n) is 2.55. The topological polar surface area (TPSA) is 99.0 Å². The smallest absolute Gasteiger partial charge is 0.276 e. The van der Waals surface area contributed by atoms with Crippen LogP contribution in [-0.4, -0.2) is 46.2 Å². The Kier molecular flexibility index (Phi) is 8.47. The molecule has 0 aromatic heterocycles. The summed E-state index contributed by atoms with van der Waals surface area (Å²) in [7, 11) is 5.78. The summed E-state index contributed by atoms with van der Waals surface area (Å²) in [5, 5.41) is 7.98. The molecular weight excluding hydrogens is 449 g/mol. The van der Waals surface area contributed by atoms with Gasteiger partial charge in [-0.25, -0.2) is 4.42 Å². The number of halogens is 2. The first-order chi connectivity index (χ1) is 14.8. The highest BCUT2D eigenvalue weighted by atomic mass is 35.5. The molecule has 9 nitrogen and oxygen atoms in total. The predicted molar refractivity (Wildman–Crippen MR) is 116 cm³/mol. The van der Waals surface area contributed by atoms with Crippen molar-refractivity contribution in [1.82, 2.24) is 0 Å². The van der Waals surface area contributed by atoms with Gasteiger partial charge in [0.1, 0.15) is 22.2 Å². The third-order valence-electron chi connectivity index (χ3n) is 4.16. The van der Waals surface area contributed by atoms with Gasteiger partial charge in [0, 0.05) is 17.8 Å². The van der Waals surface area contributed by atoms with Crippen LogP contribution < -0.4 is 23.4 Å². The number of hydrogen-bond donors (Lipinski definition) is 0. The minimum atomic E-state index is -1.52. The monoisotopic (exact) mass is 469 g/mol. The van der Waals surface area contributed by atoms with Crippen molar-refractivity contribution < 1.29 is 28.5 Å². The molecule has 0 heterocycles. The van der Waals surface area contributed by atoms with Crippen LogP contribution in [0.3, 0.4) is 0 Å². The molecule has 2 aromatic rings. The number of carbonyl (C=O) groups is 2. The van der Waals surface area contributed by atoms with Crippen molar-refractivity contribution in [2.75, 3.05) is 32.9 Å². The number of ether oxygens (including phenoxy) is 4. The number of azo groups is 1. The van der Waals surface area contributed by atoms with Gasteiger partial charge < -0.3 is 18.9 Å². The summed E-state index contributed by atoms with van der Waals surface area (Å²) in [6.45, 7) is 1.20. The fourth-order valence-corrected chi connectivity index (χ4v) is 3.01. The molecule has 0 aliphatic carbocycles. The van der Waals surface area contributed by atoms with Gasteiger partial charge in [-0.1, -0.05) is 11.6 Å². The van der Waals surface area contributed by atoms with Crippen LogP contribution in [0.1, 0.15) is 6.92 Å². The van der Waals surface area contributed by atoms with E-state index in [-0.39, 0.29) is 22.1 Å². The number of ketones is 1. The molecule has 0 aliphatic rings. The van der Waals surface area contributed by atoms with Crippen molar-refractivity contribution in [3.05, 3.63) is 35.4 Å². The van der Waals surface area contributed by atoms with Crippen LogP contribution in [0.15, 0.2) is 40.6 Å². The van der Waals surface area contributed by atoms with Gasteiger partial charge in [0.2, 0.25) is 6.04 Å². The van der Waals surface area contributed by atoms with Crippen molar-refractivity contribution in [2.24, 2.45) is 10.2 Å². The number of hydrogen-bond acceptors (Lipinski definition) is 8. The summed E-state index contributed by atoms with van der Waals surface area (Å²) in [6.07, 6.45) is 0. The zero-order valence-corrected chi connectivity index (χ0v) is 19.0. The van der Waals surface area contributed by atoms with Crippen LogP contribution in [0.5, 0.6) is 23.0 Å². The zero-order valence-electron chi connectivity index (χ0n) is 17.5. The summed E-state index contributed by atoms with van der Waals surface area (Å²) in [5.74, 6) is 0.0259. The van der Waals surface area contributed by atoms with Gasteiger partial charge >= 0.3 is 0 Å². The first kappa shape index (κ1) is 24.2. The molecule has 2 aromatic carbocycles. The Labute approximate surface area is 189 Å². The standard InChI is InChI=1S/C20H21Cl2N3O6/c1-11(26)18(23-24-19-15(30-4)9-8-14(29-3)17(19)21)20(27)25(22)12-6-7-13(28-2)16(10-12)31-5/h6-10,18H,1-5H3. The molecule has 31 heavy (non-hydrogen) atoms. The summed E-state index contributed by atoms with van der Waals surface area (Å²) >= 11 is 12.5. The number of benzene rings is 2. The quantitative estimate of drug-likeness (QED) is 0.302. The van der Waals surface area contributed by atoms with E-state index in [4.69, 9.17) is 42.3 Å². The number of Topliss-reactive ketones (excluding diaryl/α,β-unsaturated/α-hetero) is 1. The summed E-state index contributed by atoms with van der Waals surface area (Å²) in [5.41, 5.74) is 0.359. The Bertz CT molecular complexity index is 999. The summed E-state index contributed by atoms with van der Waals surface area (Å²) < 4.78 is 21.5. The minimum Gasteiger partial charge on any atom is -0.495 e. The highest BCUT2D eigenvalue weighted by Gasteiger charge is 2.29. The number of rotatable bonds is 9. The second-order valence-electron chi connectivity index (χ2n) is 6.02. The van der Waals surface area contributed by atoms with Crippen molar-refractivity contribution in [3.8, 4) is 23.0 Å². The first-order valence-corrected chi connectivity index (χ1v) is 9.54. The van der Waals surface area contributed by atoms with E-state index in [2.05, 4.69) is 10.2 Å². The third kappa shape index (κ3) is 5.36. The lowest BCUT2D eigenvalue weighted by molar-refractivity contribution is -0.126. The van der Waals surface area contributed by atoms with E-state index in [0.29, 0.717) is 17.2 Å². The largest absolute Gasteiger partial charge is 0.495 e. The number of methoxy groups -OCH3 is 4. The molecule has 1 atom stereocenters. The zero-order chi connectivity index (χ0) is 23.1. The fraction of sp³-hybridized carbons (Fsp3) is 0.300. The average Bonchev–Trinajstić information content (AvgIpc) is 2.78. The number of carbonyl (C=O) groups excluding carboxylic acids is 2. The van der Waals surface area contributed by atoms with E-state index in [1.54, 1.807) is 18.2 Å². The third-order valence-corrected chi connectivity index (χ3v) is 4.89. The molecule has 1 unspecified atom stereocenters.